The fourth-order valence-electron chi connectivity index (χ4n) is 3.46. The normalized spacial score (nSPS) is 12.2. The van der Waals surface area contributed by atoms with Crippen molar-refractivity contribution in [1.29, 1.82) is 0 Å². The number of nitrogens with one attached hydrogen (secondary N) is 1. The molecule has 4 rings (SSSR count). The summed E-state index contributed by atoms with van der Waals surface area (Å²) in [4.78, 5) is 8.44. The van der Waals surface area contributed by atoms with Crippen molar-refractivity contribution in [3.05, 3.63) is 84.8 Å². The summed E-state index contributed by atoms with van der Waals surface area (Å²) in [6.07, 6.45) is 9.63. The zero-order chi connectivity index (χ0) is 20.1. The second-order valence-corrected chi connectivity index (χ2v) is 7.38. The smallest absolute Gasteiger partial charge is 0.105 e. The van der Waals surface area contributed by atoms with Gasteiger partial charge in [-0.2, -0.15) is 5.10 Å². The zero-order valence-electron chi connectivity index (χ0n) is 16.9. The molecule has 29 heavy (non-hydrogen) atoms. The van der Waals surface area contributed by atoms with Gasteiger partial charge < -0.3 is 9.88 Å². The van der Waals surface area contributed by atoms with Gasteiger partial charge in [-0.3, -0.25) is 4.98 Å². The van der Waals surface area contributed by atoms with Crippen LogP contribution in [0.25, 0.3) is 16.9 Å². The van der Waals surface area contributed by atoms with E-state index in [-0.39, 0.29) is 0 Å². The summed E-state index contributed by atoms with van der Waals surface area (Å²) < 4.78 is 4.15. The molecular formula is C23H26N6. The van der Waals surface area contributed by atoms with Crippen molar-refractivity contribution in [1.82, 2.24) is 29.6 Å². The molecule has 1 N–H and O–H groups in total. The third-order valence-corrected chi connectivity index (χ3v) is 5.00. The summed E-state index contributed by atoms with van der Waals surface area (Å²) >= 11 is 0. The van der Waals surface area contributed by atoms with Crippen molar-refractivity contribution in [2.45, 2.75) is 26.9 Å². The van der Waals surface area contributed by atoms with Crippen molar-refractivity contribution in [2.24, 2.45) is 5.92 Å². The molecule has 3 heterocycles. The lowest BCUT2D eigenvalue weighted by Crippen LogP contribution is -2.24. The molecule has 0 aliphatic carbocycles. The highest BCUT2D eigenvalue weighted by Gasteiger charge is 2.13. The number of aromatic nitrogens is 5. The second-order valence-electron chi connectivity index (χ2n) is 7.38. The first kappa shape index (κ1) is 19.1. The molecule has 3 aromatic heterocycles. The van der Waals surface area contributed by atoms with Crippen molar-refractivity contribution in [3.8, 4) is 16.9 Å². The SMILES string of the molecule is Cc1nccn1CC(C)CNCc1cn(-c2ccccc2)nc1-c1ccncc1. The maximum atomic E-state index is 4.86. The highest BCUT2D eigenvalue weighted by Crippen LogP contribution is 2.23. The van der Waals surface area contributed by atoms with E-state index in [0.717, 1.165) is 42.4 Å². The van der Waals surface area contributed by atoms with Gasteiger partial charge in [0.25, 0.3) is 0 Å². The van der Waals surface area contributed by atoms with E-state index < -0.39 is 0 Å². The largest absolute Gasteiger partial charge is 0.335 e. The minimum atomic E-state index is 0.497. The Bertz CT molecular complexity index is 1040. The quantitative estimate of drug-likeness (QED) is 0.499. The Hall–Kier alpha value is -3.25. The Balaban J connectivity index is 1.48. The van der Waals surface area contributed by atoms with Gasteiger partial charge in [0, 0.05) is 55.2 Å². The molecule has 0 fully saturated rings. The minimum absolute atomic E-state index is 0.497. The van der Waals surface area contributed by atoms with Gasteiger partial charge in [-0.15, -0.1) is 0 Å². The number of aryl methyl sites for hydroxylation is 1. The van der Waals surface area contributed by atoms with Gasteiger partial charge in [-0.25, -0.2) is 9.67 Å². The van der Waals surface area contributed by atoms with Crippen LogP contribution in [0.2, 0.25) is 0 Å². The van der Waals surface area contributed by atoms with Gasteiger partial charge >= 0.3 is 0 Å². The summed E-state index contributed by atoms with van der Waals surface area (Å²) in [5.41, 5.74) is 4.29. The van der Waals surface area contributed by atoms with E-state index in [0.29, 0.717) is 5.92 Å². The second kappa shape index (κ2) is 8.84. The Morgan fingerprint density at radius 1 is 1.03 bits per heavy atom. The van der Waals surface area contributed by atoms with E-state index in [1.807, 2.05) is 66.7 Å². The van der Waals surface area contributed by atoms with E-state index in [1.165, 1.54) is 5.56 Å². The third-order valence-electron chi connectivity index (χ3n) is 5.00. The molecule has 4 aromatic rings. The van der Waals surface area contributed by atoms with E-state index in [9.17, 15) is 0 Å². The lowest BCUT2D eigenvalue weighted by Gasteiger charge is -2.14. The Morgan fingerprint density at radius 2 is 1.83 bits per heavy atom. The third kappa shape index (κ3) is 4.60. The predicted octanol–water partition coefficient (Wildman–Crippen LogP) is 3.87. The van der Waals surface area contributed by atoms with E-state index in [2.05, 4.69) is 45.1 Å². The van der Waals surface area contributed by atoms with Crippen LogP contribution in [0.5, 0.6) is 0 Å². The average molecular weight is 387 g/mol. The highest BCUT2D eigenvalue weighted by molar-refractivity contribution is 5.62. The molecule has 0 spiro atoms. The highest BCUT2D eigenvalue weighted by atomic mass is 15.3. The summed E-state index contributed by atoms with van der Waals surface area (Å²) in [6.45, 7) is 6.93. The average Bonchev–Trinajstić information content (AvgIpc) is 3.36. The van der Waals surface area contributed by atoms with Crippen molar-refractivity contribution >= 4 is 0 Å². The van der Waals surface area contributed by atoms with Crippen LogP contribution >= 0.6 is 0 Å². The Kier molecular flexibility index (Phi) is 5.81. The van der Waals surface area contributed by atoms with Crippen LogP contribution in [0.1, 0.15) is 18.3 Å². The lowest BCUT2D eigenvalue weighted by atomic mass is 10.1. The maximum absolute atomic E-state index is 4.86. The number of nitrogens with zero attached hydrogens (tertiary/aromatic N) is 5. The fourth-order valence-corrected chi connectivity index (χ4v) is 3.46. The van der Waals surface area contributed by atoms with Crippen molar-refractivity contribution in [3.63, 3.8) is 0 Å². The first-order chi connectivity index (χ1) is 14.2. The number of pyridine rings is 1. The molecule has 0 amide bonds. The van der Waals surface area contributed by atoms with Gasteiger partial charge in [-0.1, -0.05) is 25.1 Å². The fraction of sp³-hybridized carbons (Fsp3) is 0.261. The number of benzene rings is 1. The van der Waals surface area contributed by atoms with Gasteiger partial charge in [0.15, 0.2) is 0 Å². The molecule has 0 aliphatic heterocycles. The first-order valence-corrected chi connectivity index (χ1v) is 9.93. The minimum Gasteiger partial charge on any atom is -0.335 e. The molecule has 6 heteroatoms. The summed E-state index contributed by atoms with van der Waals surface area (Å²) in [7, 11) is 0. The number of rotatable bonds is 8. The van der Waals surface area contributed by atoms with E-state index in [1.54, 1.807) is 0 Å². The van der Waals surface area contributed by atoms with Crippen LogP contribution in [-0.4, -0.2) is 30.9 Å². The summed E-state index contributed by atoms with van der Waals surface area (Å²) in [6, 6.07) is 14.2. The van der Waals surface area contributed by atoms with E-state index in [4.69, 9.17) is 5.10 Å². The predicted molar refractivity (Wildman–Crippen MR) is 115 cm³/mol. The van der Waals surface area contributed by atoms with Crippen LogP contribution in [-0.2, 0) is 13.1 Å². The van der Waals surface area contributed by atoms with Crippen molar-refractivity contribution in [2.75, 3.05) is 6.54 Å². The molecular weight excluding hydrogens is 360 g/mol. The molecule has 1 unspecified atom stereocenters. The standard InChI is InChI=1S/C23H26N6/c1-18(16-28-13-12-26-19(28)2)14-25-15-21-17-29(22-6-4-3-5-7-22)27-23(21)20-8-10-24-11-9-20/h3-13,17-18,25H,14-16H2,1-2H3. The number of hydrogen-bond acceptors (Lipinski definition) is 4. The lowest BCUT2D eigenvalue weighted by molar-refractivity contribution is 0.440. The topological polar surface area (TPSA) is 60.6 Å². The molecule has 1 atom stereocenters. The molecule has 1 aromatic carbocycles. The van der Waals surface area contributed by atoms with Crippen LogP contribution in [0.3, 0.4) is 0 Å². The van der Waals surface area contributed by atoms with Gasteiger partial charge in [0.2, 0.25) is 0 Å². The van der Waals surface area contributed by atoms with Gasteiger partial charge in [0.05, 0.1) is 11.4 Å². The maximum Gasteiger partial charge on any atom is 0.105 e. The number of hydrogen-bond donors (Lipinski definition) is 1. The van der Waals surface area contributed by atoms with Crippen LogP contribution in [0.4, 0.5) is 0 Å². The summed E-state index contributed by atoms with van der Waals surface area (Å²) in [5, 5.41) is 8.46. The molecule has 0 aliphatic rings. The van der Waals surface area contributed by atoms with Crippen LogP contribution in [0.15, 0.2) is 73.4 Å². The van der Waals surface area contributed by atoms with E-state index >= 15 is 0 Å². The molecule has 0 saturated carbocycles. The number of imidazole rings is 1. The molecule has 0 radical (unpaired) electrons. The molecule has 0 bridgehead atoms. The number of para-hydroxylation sites is 1. The zero-order valence-corrected chi connectivity index (χ0v) is 16.9. The van der Waals surface area contributed by atoms with Gasteiger partial charge in [0.1, 0.15) is 5.82 Å². The molecule has 0 saturated heterocycles. The molecule has 148 valence electrons. The first-order valence-electron chi connectivity index (χ1n) is 9.93. The van der Waals surface area contributed by atoms with Crippen LogP contribution in [0, 0.1) is 12.8 Å². The Labute approximate surface area is 171 Å². The monoisotopic (exact) mass is 386 g/mol. The van der Waals surface area contributed by atoms with Crippen molar-refractivity contribution < 1.29 is 0 Å². The summed E-state index contributed by atoms with van der Waals surface area (Å²) in [5.74, 6) is 1.55. The van der Waals surface area contributed by atoms with Crippen LogP contribution < -0.4 is 5.32 Å². The molecule has 6 nitrogen and oxygen atoms in total. The Morgan fingerprint density at radius 3 is 2.55 bits per heavy atom. The van der Waals surface area contributed by atoms with Gasteiger partial charge in [-0.05, 0) is 43.7 Å².